The third-order valence-corrected chi connectivity index (χ3v) is 3.05. The quantitative estimate of drug-likeness (QED) is 0.751. The highest BCUT2D eigenvalue weighted by Gasteiger charge is 2.42. The van der Waals surface area contributed by atoms with Crippen LogP contribution >= 0.6 is 0 Å². The van der Waals surface area contributed by atoms with Gasteiger partial charge in [0.1, 0.15) is 5.67 Å². The Bertz CT molecular complexity index is 394. The summed E-state index contributed by atoms with van der Waals surface area (Å²) in [6, 6.07) is 4.90. The normalized spacial score (nSPS) is 25.9. The summed E-state index contributed by atoms with van der Waals surface area (Å²) < 4.78 is 52.9. The van der Waals surface area contributed by atoms with E-state index in [0.29, 0.717) is 13.0 Å². The summed E-state index contributed by atoms with van der Waals surface area (Å²) in [6.45, 7) is 0.597. The van der Waals surface area contributed by atoms with E-state index in [2.05, 4.69) is 5.32 Å². The van der Waals surface area contributed by atoms with Crippen molar-refractivity contribution in [2.24, 2.45) is 0 Å². The third-order valence-electron chi connectivity index (χ3n) is 3.05. The molecule has 0 saturated carbocycles. The summed E-state index contributed by atoms with van der Waals surface area (Å²) in [5.74, 6) is 0. The fourth-order valence-corrected chi connectivity index (χ4v) is 2.22. The number of rotatable bonds is 1. The summed E-state index contributed by atoms with van der Waals surface area (Å²) in [7, 11) is 0. The average molecular weight is 247 g/mol. The van der Waals surface area contributed by atoms with E-state index in [4.69, 9.17) is 0 Å². The molecule has 17 heavy (non-hydrogen) atoms. The van der Waals surface area contributed by atoms with Gasteiger partial charge in [-0.2, -0.15) is 13.2 Å². The van der Waals surface area contributed by atoms with Crippen molar-refractivity contribution in [2.75, 3.05) is 13.1 Å². The SMILES string of the molecule is FC(F)(F)c1ccccc1C1(F)CCCNC1. The van der Waals surface area contributed by atoms with Crippen molar-refractivity contribution in [3.63, 3.8) is 0 Å². The van der Waals surface area contributed by atoms with Crippen LogP contribution < -0.4 is 5.32 Å². The van der Waals surface area contributed by atoms with Gasteiger partial charge in [0, 0.05) is 12.1 Å². The van der Waals surface area contributed by atoms with Crippen molar-refractivity contribution in [3.8, 4) is 0 Å². The lowest BCUT2D eigenvalue weighted by Gasteiger charge is -2.32. The monoisotopic (exact) mass is 247 g/mol. The standard InChI is InChI=1S/C12H13F4N/c13-11(6-3-7-17-8-11)9-4-1-2-5-10(9)12(14,15)16/h1-2,4-5,17H,3,6-8H2. The van der Waals surface area contributed by atoms with Gasteiger partial charge in [-0.15, -0.1) is 0 Å². The molecule has 1 saturated heterocycles. The zero-order valence-corrected chi connectivity index (χ0v) is 9.15. The van der Waals surface area contributed by atoms with Crippen LogP contribution in [-0.2, 0) is 11.8 Å². The molecule has 0 aliphatic carbocycles. The zero-order valence-electron chi connectivity index (χ0n) is 9.15. The second kappa shape index (κ2) is 4.29. The van der Waals surface area contributed by atoms with Gasteiger partial charge >= 0.3 is 6.18 Å². The van der Waals surface area contributed by atoms with Crippen molar-refractivity contribution in [1.82, 2.24) is 5.32 Å². The summed E-state index contributed by atoms with van der Waals surface area (Å²) >= 11 is 0. The smallest absolute Gasteiger partial charge is 0.313 e. The van der Waals surface area contributed by atoms with Gasteiger partial charge in [-0.05, 0) is 25.5 Å². The fourth-order valence-electron chi connectivity index (χ4n) is 2.22. The molecule has 94 valence electrons. The van der Waals surface area contributed by atoms with Crippen LogP contribution in [0.3, 0.4) is 0 Å². The fraction of sp³-hybridized carbons (Fsp3) is 0.500. The number of nitrogens with one attached hydrogen (secondary N) is 1. The van der Waals surface area contributed by atoms with Gasteiger partial charge in [-0.25, -0.2) is 4.39 Å². The second-order valence-electron chi connectivity index (χ2n) is 4.29. The topological polar surface area (TPSA) is 12.0 Å². The molecule has 0 bridgehead atoms. The number of halogens is 4. The van der Waals surface area contributed by atoms with Crippen LogP contribution in [0.15, 0.2) is 24.3 Å². The third kappa shape index (κ3) is 2.44. The number of alkyl halides is 4. The summed E-state index contributed by atoms with van der Waals surface area (Å²) in [6.07, 6.45) is -3.83. The Balaban J connectivity index is 2.44. The Kier molecular flexibility index (Phi) is 3.12. The Morgan fingerprint density at radius 1 is 1.18 bits per heavy atom. The van der Waals surface area contributed by atoms with Gasteiger partial charge in [0.25, 0.3) is 0 Å². The lowest BCUT2D eigenvalue weighted by Crippen LogP contribution is -2.41. The molecule has 1 fully saturated rings. The molecule has 1 nitrogen and oxygen atoms in total. The molecule has 2 rings (SSSR count). The first-order chi connectivity index (χ1) is 7.93. The van der Waals surface area contributed by atoms with E-state index in [1.807, 2.05) is 0 Å². The van der Waals surface area contributed by atoms with E-state index in [9.17, 15) is 17.6 Å². The Hall–Kier alpha value is -1.10. The lowest BCUT2D eigenvalue weighted by molar-refractivity contribution is -0.139. The van der Waals surface area contributed by atoms with Crippen LogP contribution in [0.25, 0.3) is 0 Å². The van der Waals surface area contributed by atoms with Crippen molar-refractivity contribution in [1.29, 1.82) is 0 Å². The van der Waals surface area contributed by atoms with Gasteiger partial charge in [-0.3, -0.25) is 0 Å². The molecular formula is C12H13F4N. The molecular weight excluding hydrogens is 234 g/mol. The van der Waals surface area contributed by atoms with Crippen molar-refractivity contribution >= 4 is 0 Å². The largest absolute Gasteiger partial charge is 0.416 e. The van der Waals surface area contributed by atoms with E-state index < -0.39 is 17.4 Å². The first kappa shape index (κ1) is 12.4. The molecule has 1 aromatic carbocycles. The zero-order chi connectivity index (χ0) is 12.5. The van der Waals surface area contributed by atoms with Crippen LogP contribution in [0.1, 0.15) is 24.0 Å². The molecule has 5 heteroatoms. The van der Waals surface area contributed by atoms with Crippen LogP contribution in [-0.4, -0.2) is 13.1 Å². The maximum absolute atomic E-state index is 14.5. The minimum atomic E-state index is -4.51. The van der Waals surface area contributed by atoms with E-state index in [0.717, 1.165) is 6.07 Å². The van der Waals surface area contributed by atoms with Crippen LogP contribution in [0.5, 0.6) is 0 Å². The van der Waals surface area contributed by atoms with Crippen LogP contribution in [0.2, 0.25) is 0 Å². The highest BCUT2D eigenvalue weighted by Crippen LogP contribution is 2.41. The second-order valence-corrected chi connectivity index (χ2v) is 4.29. The number of hydrogen-bond donors (Lipinski definition) is 1. The predicted molar refractivity (Wildman–Crippen MR) is 56.3 cm³/mol. The van der Waals surface area contributed by atoms with E-state index in [-0.39, 0.29) is 18.5 Å². The Labute approximate surface area is 96.8 Å². The Morgan fingerprint density at radius 2 is 1.88 bits per heavy atom. The van der Waals surface area contributed by atoms with Crippen molar-refractivity contribution < 1.29 is 17.6 Å². The highest BCUT2D eigenvalue weighted by molar-refractivity contribution is 5.35. The number of hydrogen-bond acceptors (Lipinski definition) is 1. The summed E-state index contributed by atoms with van der Waals surface area (Å²) in [4.78, 5) is 0. The molecule has 1 aromatic rings. The van der Waals surface area contributed by atoms with Crippen LogP contribution in [0.4, 0.5) is 17.6 Å². The van der Waals surface area contributed by atoms with Gasteiger partial charge in [0.15, 0.2) is 0 Å². The minimum absolute atomic E-state index is 0.0555. The molecule has 1 N–H and O–H groups in total. The van der Waals surface area contributed by atoms with E-state index >= 15 is 0 Å². The van der Waals surface area contributed by atoms with Crippen molar-refractivity contribution in [2.45, 2.75) is 24.7 Å². The molecule has 1 aliphatic rings. The average Bonchev–Trinajstić information content (AvgIpc) is 2.29. The van der Waals surface area contributed by atoms with Crippen molar-refractivity contribution in [3.05, 3.63) is 35.4 Å². The number of benzene rings is 1. The van der Waals surface area contributed by atoms with Gasteiger partial charge in [-0.1, -0.05) is 18.2 Å². The summed E-state index contributed by atoms with van der Waals surface area (Å²) in [5.41, 5.74) is -3.03. The number of piperidine rings is 1. The molecule has 1 unspecified atom stereocenters. The van der Waals surface area contributed by atoms with Crippen LogP contribution in [0, 0.1) is 0 Å². The molecule has 1 atom stereocenters. The minimum Gasteiger partial charge on any atom is -0.313 e. The molecule has 0 radical (unpaired) electrons. The molecule has 1 heterocycles. The first-order valence-electron chi connectivity index (χ1n) is 5.50. The Morgan fingerprint density at radius 3 is 2.47 bits per heavy atom. The van der Waals surface area contributed by atoms with E-state index in [1.165, 1.54) is 18.2 Å². The van der Waals surface area contributed by atoms with Gasteiger partial charge in [0.2, 0.25) is 0 Å². The maximum atomic E-state index is 14.5. The maximum Gasteiger partial charge on any atom is 0.416 e. The molecule has 0 aromatic heterocycles. The molecule has 0 spiro atoms. The van der Waals surface area contributed by atoms with Gasteiger partial charge in [0.05, 0.1) is 5.56 Å². The summed E-state index contributed by atoms with van der Waals surface area (Å²) in [5, 5.41) is 2.81. The first-order valence-corrected chi connectivity index (χ1v) is 5.50. The van der Waals surface area contributed by atoms with Gasteiger partial charge < -0.3 is 5.32 Å². The van der Waals surface area contributed by atoms with E-state index in [1.54, 1.807) is 0 Å². The molecule has 0 amide bonds. The molecule has 1 aliphatic heterocycles. The predicted octanol–water partition coefficient (Wildman–Crippen LogP) is 3.25. The lowest BCUT2D eigenvalue weighted by atomic mass is 9.85. The highest BCUT2D eigenvalue weighted by atomic mass is 19.4.